The van der Waals surface area contributed by atoms with Crippen molar-refractivity contribution in [2.45, 2.75) is 74.5 Å². The van der Waals surface area contributed by atoms with Crippen LogP contribution in [0.2, 0.25) is 0 Å². The van der Waals surface area contributed by atoms with Crippen LogP contribution < -0.4 is 20.6 Å². The number of thiophene rings is 1. The predicted molar refractivity (Wildman–Crippen MR) is 322 cm³/mol. The Bertz CT molecular complexity index is 4260. The summed E-state index contributed by atoms with van der Waals surface area (Å²) in [6.07, 6.45) is 12.7. The largest absolute Gasteiger partial charge is 0.376 e. The van der Waals surface area contributed by atoms with E-state index in [1.54, 1.807) is 38.8 Å². The Hall–Kier alpha value is -7.14. The van der Waals surface area contributed by atoms with Crippen LogP contribution in [0.5, 0.6) is 0 Å². The van der Waals surface area contributed by atoms with E-state index in [2.05, 4.69) is 204 Å². The zero-order chi connectivity index (χ0) is 50.2. The molecule has 2 aliphatic heterocycles. The fraction of sp³-hybridized carbons (Fsp3) is 0.270. The first-order valence-corrected chi connectivity index (χ1v) is 30.6. The van der Waals surface area contributed by atoms with Crippen molar-refractivity contribution < 1.29 is 0 Å². The molecular formula is C74H57BN2S. The van der Waals surface area contributed by atoms with E-state index in [4.69, 9.17) is 0 Å². The molecule has 1 aromatic heterocycles. The third-order valence-electron chi connectivity index (χ3n) is 24.8. The second kappa shape index (κ2) is 13.8. The van der Waals surface area contributed by atoms with Gasteiger partial charge in [-0.3, -0.25) is 0 Å². The fourth-order valence-electron chi connectivity index (χ4n) is 22.2. The molecule has 0 amide bonds. The molecule has 0 saturated heterocycles. The van der Waals surface area contributed by atoms with Crippen molar-refractivity contribution in [3.63, 3.8) is 0 Å². The van der Waals surface area contributed by atoms with Gasteiger partial charge in [0, 0.05) is 70.9 Å². The average Bonchev–Trinajstić information content (AvgIpc) is 0.755. The van der Waals surface area contributed by atoms with E-state index in [1.807, 2.05) is 11.3 Å². The molecule has 2 nitrogen and oxygen atoms in total. The molecule has 5 unspecified atom stereocenters. The second-order valence-corrected chi connectivity index (χ2v) is 27.9. The van der Waals surface area contributed by atoms with Crippen molar-refractivity contribution in [2.75, 3.05) is 9.71 Å². The molecule has 0 radical (unpaired) electrons. The minimum Gasteiger partial charge on any atom is -0.376 e. The van der Waals surface area contributed by atoms with Crippen molar-refractivity contribution in [3.05, 3.63) is 222 Å². The van der Waals surface area contributed by atoms with Crippen LogP contribution in [0.4, 0.5) is 28.4 Å². The van der Waals surface area contributed by atoms with Gasteiger partial charge < -0.3 is 9.71 Å². The Kier molecular flexibility index (Phi) is 7.42. The Labute approximate surface area is 460 Å². The second-order valence-electron chi connectivity index (χ2n) is 26.8. The minimum absolute atomic E-state index is 0.00950. The molecule has 11 aliphatic rings. The molecule has 8 saturated carbocycles. The van der Waals surface area contributed by atoms with Gasteiger partial charge in [0.1, 0.15) is 0 Å². The third-order valence-corrected chi connectivity index (χ3v) is 26.0. The average molecular weight is 1020 g/mol. The first-order chi connectivity index (χ1) is 38.5. The van der Waals surface area contributed by atoms with E-state index in [0.29, 0.717) is 21.7 Å². The van der Waals surface area contributed by atoms with Crippen LogP contribution in [-0.2, 0) is 17.3 Å². The fourth-order valence-corrected chi connectivity index (χ4v) is 23.3. The summed E-state index contributed by atoms with van der Waals surface area (Å²) >= 11 is 1.96. The zero-order valence-corrected chi connectivity index (χ0v) is 44.6. The maximum atomic E-state index is 2.88. The van der Waals surface area contributed by atoms with Gasteiger partial charge in [-0.15, -0.1) is 11.3 Å². The zero-order valence-electron chi connectivity index (χ0n) is 43.8. The maximum Gasteiger partial charge on any atom is 0.329 e. The lowest BCUT2D eigenvalue weighted by molar-refractivity contribution is -0.395. The normalized spacial score (nSPS) is 31.9. The Morgan fingerprint density at radius 3 is 1.74 bits per heavy atom. The number of benzene rings is 9. The van der Waals surface area contributed by atoms with Gasteiger partial charge in [-0.2, -0.15) is 0 Å². The van der Waals surface area contributed by atoms with Gasteiger partial charge in [0.05, 0.1) is 0 Å². The highest BCUT2D eigenvalue weighted by molar-refractivity contribution is 7.25. The van der Waals surface area contributed by atoms with Gasteiger partial charge in [0.25, 0.3) is 0 Å². The molecule has 4 heteroatoms. The van der Waals surface area contributed by atoms with Gasteiger partial charge in [-0.05, 0) is 237 Å². The molecule has 8 fully saturated rings. The molecule has 78 heavy (non-hydrogen) atoms. The van der Waals surface area contributed by atoms with Crippen LogP contribution in [0, 0.1) is 46.3 Å². The summed E-state index contributed by atoms with van der Waals surface area (Å²) in [5.41, 5.74) is 27.7. The van der Waals surface area contributed by atoms with Crippen molar-refractivity contribution in [2.24, 2.45) is 46.3 Å². The Balaban J connectivity index is 0.862. The Morgan fingerprint density at radius 1 is 0.462 bits per heavy atom. The third kappa shape index (κ3) is 4.52. The first-order valence-electron chi connectivity index (χ1n) is 29.8. The van der Waals surface area contributed by atoms with E-state index >= 15 is 0 Å². The molecule has 0 N–H and O–H groups in total. The van der Waals surface area contributed by atoms with Gasteiger partial charge >= 0.3 is 6.85 Å². The molecule has 10 aromatic rings. The van der Waals surface area contributed by atoms with E-state index in [-0.39, 0.29) is 12.8 Å². The number of hydrogen-bond donors (Lipinski definition) is 0. The molecule has 9 aromatic carbocycles. The minimum atomic E-state index is -0.00950. The standard InChI is InChI=1S/C74H57BN2S/c1-4-12-42(13-5-1)43-21-24-55(25-22-43)77-66-37-68-60(57-18-10-11-19-67(57)78-68)36-59(66)63-34-56(76(53-14-6-2-7-15-53)54-16-8-3-9-17-54)35-64-61-26-44-20-23-45(71-38-49-27-47-28-50(39-71)73(47,49)71)31-58(44)62-32-46(33-65(69(61)62)75(77)70(63)64)72-40-51-29-48-30-52(41-72)74(48,51)72/h1-25,31-37,47-52,61H,26-30,38-41H2. The topological polar surface area (TPSA) is 6.48 Å². The lowest BCUT2D eigenvalue weighted by Gasteiger charge is -2.91. The smallest absolute Gasteiger partial charge is 0.329 e. The predicted octanol–water partition coefficient (Wildman–Crippen LogP) is 17.2. The molecular weight excluding hydrogens is 960 g/mol. The number of hydrogen-bond acceptors (Lipinski definition) is 3. The van der Waals surface area contributed by atoms with E-state index in [9.17, 15) is 0 Å². The molecule has 21 rings (SSSR count). The van der Waals surface area contributed by atoms with Crippen LogP contribution in [-0.4, -0.2) is 6.85 Å². The summed E-state index contributed by atoms with van der Waals surface area (Å²) in [6.45, 7) is -0.00950. The number of rotatable bonds is 7. The summed E-state index contributed by atoms with van der Waals surface area (Å²) < 4.78 is 2.71. The molecule has 2 spiro atoms. The van der Waals surface area contributed by atoms with E-state index in [1.165, 1.54) is 133 Å². The van der Waals surface area contributed by atoms with Gasteiger partial charge in [-0.1, -0.05) is 127 Å². The summed E-state index contributed by atoms with van der Waals surface area (Å²) in [6, 6.07) is 76.5. The van der Waals surface area contributed by atoms with Gasteiger partial charge in [0.2, 0.25) is 0 Å². The summed E-state index contributed by atoms with van der Waals surface area (Å²) in [5, 5.41) is 2.71. The Morgan fingerprint density at radius 2 is 1.08 bits per heavy atom. The highest BCUT2D eigenvalue weighted by Gasteiger charge is 2.88. The van der Waals surface area contributed by atoms with Gasteiger partial charge in [0.15, 0.2) is 0 Å². The van der Waals surface area contributed by atoms with Crippen molar-refractivity contribution in [1.82, 2.24) is 0 Å². The lowest BCUT2D eigenvalue weighted by Crippen LogP contribution is -2.87. The molecule has 9 aliphatic carbocycles. The van der Waals surface area contributed by atoms with E-state index in [0.717, 1.165) is 41.9 Å². The maximum absolute atomic E-state index is 2.88. The summed E-state index contributed by atoms with van der Waals surface area (Å²) in [7, 11) is 0. The van der Waals surface area contributed by atoms with Crippen LogP contribution >= 0.6 is 11.3 Å². The quantitative estimate of drug-likeness (QED) is 0.147. The summed E-state index contributed by atoms with van der Waals surface area (Å²) in [5.74, 6) is 6.01. The van der Waals surface area contributed by atoms with Crippen LogP contribution in [0.25, 0.3) is 53.6 Å². The number of fused-ring (bicyclic) bond motifs is 9. The monoisotopic (exact) mass is 1020 g/mol. The van der Waals surface area contributed by atoms with Crippen molar-refractivity contribution in [3.8, 4) is 33.4 Å². The van der Waals surface area contributed by atoms with Crippen LogP contribution in [0.3, 0.4) is 0 Å². The SMILES string of the molecule is c1ccc(-c2ccc(N3B4c5cc(C67CC8CC9CC(C6)C987)cc6c5C(Cc5ccc(C78CC9CC%10CC(C7)C%1098)cc5-6)c5cc(N(c6ccccc6)c6ccccc6)cc(c54)-c4cc5c(cc43)sc3ccccc35)cc2)cc1. The highest BCUT2D eigenvalue weighted by atomic mass is 32.1. The van der Waals surface area contributed by atoms with Crippen LogP contribution in [0.15, 0.2) is 194 Å². The molecule has 5 atom stereocenters. The number of nitrogens with zero attached hydrogens (tertiary/aromatic N) is 2. The lowest BCUT2D eigenvalue weighted by atomic mass is 9.12. The number of anilines is 5. The number of para-hydroxylation sites is 2. The van der Waals surface area contributed by atoms with Crippen molar-refractivity contribution in [1.29, 1.82) is 0 Å². The molecule has 0 bridgehead atoms. The molecule has 3 heterocycles. The first kappa shape index (κ1) is 41.9. The van der Waals surface area contributed by atoms with E-state index < -0.39 is 0 Å². The van der Waals surface area contributed by atoms with Gasteiger partial charge in [-0.25, -0.2) is 0 Å². The van der Waals surface area contributed by atoms with Crippen molar-refractivity contribution >= 4 is 77.7 Å². The van der Waals surface area contributed by atoms with Crippen LogP contribution in [0.1, 0.15) is 85.1 Å². The molecule has 372 valence electrons. The highest BCUT2D eigenvalue weighted by Crippen LogP contribution is 2.94. The summed E-state index contributed by atoms with van der Waals surface area (Å²) in [4.78, 5) is 5.39.